The van der Waals surface area contributed by atoms with Gasteiger partial charge in [-0.05, 0) is 72.9 Å². The van der Waals surface area contributed by atoms with Gasteiger partial charge in [0.15, 0.2) is 11.9 Å². The van der Waals surface area contributed by atoms with Crippen LogP contribution < -0.4 is 4.74 Å². The summed E-state index contributed by atoms with van der Waals surface area (Å²) in [7, 11) is 1.75. The normalized spacial score (nSPS) is 16.0. The van der Waals surface area contributed by atoms with Crippen molar-refractivity contribution in [2.45, 2.75) is 38.8 Å². The molecule has 2 atom stereocenters. The Labute approximate surface area is 198 Å². The quantitative estimate of drug-likeness (QED) is 0.502. The Morgan fingerprint density at radius 2 is 1.94 bits per heavy atom. The third kappa shape index (κ3) is 4.69. The molecule has 2 amide bonds. The van der Waals surface area contributed by atoms with E-state index < -0.39 is 12.1 Å². The molecule has 0 radical (unpaired) electrons. The molecule has 0 bridgehead atoms. The van der Waals surface area contributed by atoms with Gasteiger partial charge in [0.1, 0.15) is 11.6 Å². The molecule has 178 valence electrons. The van der Waals surface area contributed by atoms with Gasteiger partial charge in [0.25, 0.3) is 11.8 Å². The van der Waals surface area contributed by atoms with Crippen molar-refractivity contribution in [3.8, 4) is 5.75 Å². The monoisotopic (exact) mass is 464 g/mol. The maximum atomic E-state index is 13.7. The number of ether oxygens (including phenoxy) is 1. The van der Waals surface area contributed by atoms with Gasteiger partial charge < -0.3 is 19.0 Å². The number of rotatable bonds is 7. The number of hydrogen-bond acceptors (Lipinski definition) is 4. The van der Waals surface area contributed by atoms with Crippen LogP contribution in [-0.4, -0.2) is 47.9 Å². The zero-order valence-electron chi connectivity index (χ0n) is 19.7. The molecule has 0 spiro atoms. The summed E-state index contributed by atoms with van der Waals surface area (Å²) < 4.78 is 25.2. The van der Waals surface area contributed by atoms with Crippen molar-refractivity contribution in [1.29, 1.82) is 0 Å². The van der Waals surface area contributed by atoms with Gasteiger partial charge in [-0.3, -0.25) is 9.59 Å². The zero-order chi connectivity index (χ0) is 24.2. The molecule has 0 aliphatic carbocycles. The minimum Gasteiger partial charge on any atom is -0.481 e. The standard InChI is InChI=1S/C27H29FN2O4/c1-4-23(26(31)29(3)5-2)34-21-13-10-18-14-15-30(27(32)24-7-6-16-33-24)25(22(18)17-21)19-8-11-20(28)12-9-19/h6-13,16-17,23,25H,4-5,14-15H2,1-3H3. The number of amides is 2. The first-order valence-corrected chi connectivity index (χ1v) is 11.6. The van der Waals surface area contributed by atoms with Crippen molar-refractivity contribution >= 4 is 11.8 Å². The highest BCUT2D eigenvalue weighted by molar-refractivity contribution is 5.92. The fourth-order valence-corrected chi connectivity index (χ4v) is 4.31. The smallest absolute Gasteiger partial charge is 0.290 e. The van der Waals surface area contributed by atoms with Crippen molar-refractivity contribution in [3.05, 3.63) is 89.1 Å². The van der Waals surface area contributed by atoms with Crippen LogP contribution in [0.3, 0.4) is 0 Å². The molecule has 3 aromatic rings. The summed E-state index contributed by atoms with van der Waals surface area (Å²) in [5.41, 5.74) is 2.75. The van der Waals surface area contributed by atoms with Gasteiger partial charge in [0.05, 0.1) is 12.3 Å². The lowest BCUT2D eigenvalue weighted by molar-refractivity contribution is -0.137. The lowest BCUT2D eigenvalue weighted by Crippen LogP contribution is -2.41. The maximum absolute atomic E-state index is 13.7. The van der Waals surface area contributed by atoms with Crippen LogP contribution in [0.4, 0.5) is 4.39 Å². The molecule has 1 aliphatic heterocycles. The molecule has 2 heterocycles. The van der Waals surface area contributed by atoms with Crippen LogP contribution in [0.5, 0.6) is 5.75 Å². The van der Waals surface area contributed by atoms with Gasteiger partial charge >= 0.3 is 0 Å². The predicted molar refractivity (Wildman–Crippen MR) is 126 cm³/mol. The van der Waals surface area contributed by atoms with Crippen molar-refractivity contribution < 1.29 is 23.1 Å². The van der Waals surface area contributed by atoms with E-state index in [0.717, 1.165) is 16.7 Å². The fraction of sp³-hybridized carbons (Fsp3) is 0.333. The molecule has 0 N–H and O–H groups in total. The highest BCUT2D eigenvalue weighted by atomic mass is 19.1. The lowest BCUT2D eigenvalue weighted by Gasteiger charge is -2.37. The average Bonchev–Trinajstić information content (AvgIpc) is 3.41. The number of furan rings is 1. The Morgan fingerprint density at radius 3 is 2.59 bits per heavy atom. The number of nitrogens with zero attached hydrogens (tertiary/aromatic N) is 2. The lowest BCUT2D eigenvalue weighted by atomic mass is 9.87. The van der Waals surface area contributed by atoms with Crippen LogP contribution in [0.1, 0.15) is 53.6 Å². The molecule has 1 aromatic heterocycles. The predicted octanol–water partition coefficient (Wildman–Crippen LogP) is 4.84. The second kappa shape index (κ2) is 10.1. The van der Waals surface area contributed by atoms with E-state index in [9.17, 15) is 14.0 Å². The summed E-state index contributed by atoms with van der Waals surface area (Å²) in [6.07, 6.45) is 2.06. The van der Waals surface area contributed by atoms with Gasteiger partial charge in [-0.25, -0.2) is 4.39 Å². The van der Waals surface area contributed by atoms with E-state index >= 15 is 0 Å². The van der Waals surface area contributed by atoms with Crippen LogP contribution in [0.25, 0.3) is 0 Å². The van der Waals surface area contributed by atoms with Gasteiger partial charge in [-0.15, -0.1) is 0 Å². The Bertz CT molecular complexity index is 1140. The van der Waals surface area contributed by atoms with Crippen molar-refractivity contribution in [2.24, 2.45) is 0 Å². The third-order valence-electron chi connectivity index (χ3n) is 6.30. The Hall–Kier alpha value is -3.61. The van der Waals surface area contributed by atoms with Gasteiger partial charge in [-0.2, -0.15) is 0 Å². The SMILES string of the molecule is CCC(Oc1ccc2c(c1)C(c1ccc(F)cc1)N(C(=O)c1ccco1)CC2)C(=O)N(C)CC. The number of likely N-dealkylation sites (N-methyl/N-ethyl adjacent to an activating group) is 1. The Balaban J connectivity index is 1.72. The minimum absolute atomic E-state index is 0.0765. The summed E-state index contributed by atoms with van der Waals surface area (Å²) in [6.45, 7) is 4.92. The van der Waals surface area contributed by atoms with Crippen LogP contribution in [0.15, 0.2) is 65.3 Å². The molecular weight excluding hydrogens is 435 g/mol. The van der Waals surface area contributed by atoms with Crippen molar-refractivity contribution in [3.63, 3.8) is 0 Å². The Morgan fingerprint density at radius 1 is 1.18 bits per heavy atom. The first-order valence-electron chi connectivity index (χ1n) is 11.6. The van der Waals surface area contributed by atoms with Crippen LogP contribution >= 0.6 is 0 Å². The summed E-state index contributed by atoms with van der Waals surface area (Å²) >= 11 is 0. The number of hydrogen-bond donors (Lipinski definition) is 0. The largest absolute Gasteiger partial charge is 0.481 e. The molecule has 34 heavy (non-hydrogen) atoms. The molecule has 7 heteroatoms. The summed E-state index contributed by atoms with van der Waals surface area (Å²) in [5.74, 6) is 0.158. The molecule has 4 rings (SSSR count). The van der Waals surface area contributed by atoms with Gasteiger partial charge in [0.2, 0.25) is 0 Å². The number of fused-ring (bicyclic) bond motifs is 1. The average molecular weight is 465 g/mol. The first kappa shape index (κ1) is 23.5. The second-order valence-electron chi connectivity index (χ2n) is 8.41. The zero-order valence-corrected chi connectivity index (χ0v) is 19.7. The van der Waals surface area contributed by atoms with E-state index in [1.807, 2.05) is 32.0 Å². The van der Waals surface area contributed by atoms with E-state index in [2.05, 4.69) is 0 Å². The number of carbonyl (C=O) groups excluding carboxylic acids is 2. The highest BCUT2D eigenvalue weighted by Crippen LogP contribution is 2.38. The van der Waals surface area contributed by atoms with Gasteiger partial charge in [-0.1, -0.05) is 25.1 Å². The van der Waals surface area contributed by atoms with Crippen molar-refractivity contribution in [2.75, 3.05) is 20.1 Å². The van der Waals surface area contributed by atoms with Crippen LogP contribution in [0.2, 0.25) is 0 Å². The molecule has 2 aromatic carbocycles. The topological polar surface area (TPSA) is 63.0 Å². The molecule has 0 fully saturated rings. The first-order chi connectivity index (χ1) is 16.4. The third-order valence-corrected chi connectivity index (χ3v) is 6.30. The van der Waals surface area contributed by atoms with Crippen LogP contribution in [-0.2, 0) is 11.2 Å². The summed E-state index contributed by atoms with van der Waals surface area (Å²) in [5, 5.41) is 0. The number of carbonyl (C=O) groups is 2. The molecule has 0 saturated heterocycles. The van der Waals surface area contributed by atoms with E-state index in [-0.39, 0.29) is 23.4 Å². The molecule has 1 aliphatic rings. The van der Waals surface area contributed by atoms with Crippen LogP contribution in [0, 0.1) is 5.82 Å². The highest BCUT2D eigenvalue weighted by Gasteiger charge is 2.34. The van der Waals surface area contributed by atoms with E-state index in [4.69, 9.17) is 9.15 Å². The molecule has 0 saturated carbocycles. The second-order valence-corrected chi connectivity index (χ2v) is 8.41. The maximum Gasteiger partial charge on any atom is 0.290 e. The summed E-state index contributed by atoms with van der Waals surface area (Å²) in [6, 6.07) is 14.8. The summed E-state index contributed by atoms with van der Waals surface area (Å²) in [4.78, 5) is 29.4. The number of halogens is 1. The minimum atomic E-state index is -0.600. The molecule has 2 unspecified atom stereocenters. The fourth-order valence-electron chi connectivity index (χ4n) is 4.31. The van der Waals surface area contributed by atoms with E-state index in [1.165, 1.54) is 18.4 Å². The van der Waals surface area contributed by atoms with Crippen molar-refractivity contribution in [1.82, 2.24) is 9.80 Å². The molecule has 6 nitrogen and oxygen atoms in total. The van der Waals surface area contributed by atoms with E-state index in [0.29, 0.717) is 31.7 Å². The van der Waals surface area contributed by atoms with Gasteiger partial charge in [0, 0.05) is 20.1 Å². The Kier molecular flexibility index (Phi) is 7.01. The number of benzene rings is 2. The molecular formula is C27H29FN2O4. The van der Waals surface area contributed by atoms with E-state index in [1.54, 1.807) is 41.1 Å².